The third-order valence-electron chi connectivity index (χ3n) is 4.60. The van der Waals surface area contributed by atoms with E-state index in [-0.39, 0.29) is 6.04 Å². The molecule has 1 N–H and O–H groups in total. The van der Waals surface area contributed by atoms with Gasteiger partial charge < -0.3 is 10.0 Å². The topological polar surface area (TPSA) is 40.5 Å². The van der Waals surface area contributed by atoms with Crippen LogP contribution in [0, 0.1) is 0 Å². The summed E-state index contributed by atoms with van der Waals surface area (Å²) < 4.78 is 0. The predicted octanol–water partition coefficient (Wildman–Crippen LogP) is 3.04. The summed E-state index contributed by atoms with van der Waals surface area (Å²) in [5.41, 5.74) is 4.28. The molecule has 0 saturated heterocycles. The van der Waals surface area contributed by atoms with Crippen molar-refractivity contribution in [2.75, 3.05) is 6.54 Å². The maximum atomic E-state index is 11.4. The lowest BCUT2D eigenvalue weighted by atomic mass is 9.80. The molecular weight excluding hydrogens is 250 g/mol. The van der Waals surface area contributed by atoms with E-state index in [4.69, 9.17) is 0 Å². The van der Waals surface area contributed by atoms with Gasteiger partial charge in [0.25, 0.3) is 0 Å². The molecule has 20 heavy (non-hydrogen) atoms. The third-order valence-corrected chi connectivity index (χ3v) is 4.60. The molecule has 3 nitrogen and oxygen atoms in total. The minimum Gasteiger partial charge on any atom is -0.508 e. The van der Waals surface area contributed by atoms with Gasteiger partial charge >= 0.3 is 0 Å². The third kappa shape index (κ3) is 2.58. The number of phenolic OH excluding ortho intramolecular Hbond substituents is 1. The summed E-state index contributed by atoms with van der Waals surface area (Å²) in [5, 5.41) is 9.37. The molecule has 2 aliphatic rings. The lowest BCUT2D eigenvalue weighted by Crippen LogP contribution is -2.42. The zero-order valence-electron chi connectivity index (χ0n) is 11.7. The van der Waals surface area contributed by atoms with Gasteiger partial charge in [0, 0.05) is 6.54 Å². The Hall–Kier alpha value is -1.77. The van der Waals surface area contributed by atoms with E-state index in [0.717, 1.165) is 32.2 Å². The summed E-state index contributed by atoms with van der Waals surface area (Å²) in [6, 6.07) is 7.58. The number of carbonyl (C=O) groups excluding carboxylic acids is 1. The van der Waals surface area contributed by atoms with E-state index < -0.39 is 0 Å². The van der Waals surface area contributed by atoms with Gasteiger partial charge in [0.1, 0.15) is 5.75 Å². The van der Waals surface area contributed by atoms with E-state index in [9.17, 15) is 9.90 Å². The fraction of sp³-hybridized carbons (Fsp3) is 0.471. The van der Waals surface area contributed by atoms with E-state index in [0.29, 0.717) is 5.75 Å². The Labute approximate surface area is 119 Å². The van der Waals surface area contributed by atoms with Crippen molar-refractivity contribution >= 4 is 6.41 Å². The second-order valence-corrected chi connectivity index (χ2v) is 5.82. The van der Waals surface area contributed by atoms with Crippen molar-refractivity contribution in [2.24, 2.45) is 0 Å². The Bertz CT molecular complexity index is 518. The van der Waals surface area contributed by atoms with Crippen LogP contribution in [0.5, 0.6) is 5.75 Å². The van der Waals surface area contributed by atoms with Crippen molar-refractivity contribution in [3.63, 3.8) is 0 Å². The Morgan fingerprint density at radius 3 is 2.65 bits per heavy atom. The standard InChI is InChI=1S/C17H21NO2/c19-12-18-10-9-14-3-1-2-4-16(14)17(18)11-13-5-7-15(20)8-6-13/h5-8,12,17,20H,1-4,9-11H2. The molecule has 1 aromatic rings. The Morgan fingerprint density at radius 2 is 1.90 bits per heavy atom. The van der Waals surface area contributed by atoms with Crippen LogP contribution >= 0.6 is 0 Å². The van der Waals surface area contributed by atoms with E-state index in [1.807, 2.05) is 17.0 Å². The Balaban J connectivity index is 1.86. The minimum absolute atomic E-state index is 0.223. The number of aromatic hydroxyl groups is 1. The summed E-state index contributed by atoms with van der Waals surface area (Å²) >= 11 is 0. The zero-order chi connectivity index (χ0) is 13.9. The molecule has 3 rings (SSSR count). The minimum atomic E-state index is 0.223. The zero-order valence-corrected chi connectivity index (χ0v) is 11.7. The van der Waals surface area contributed by atoms with E-state index >= 15 is 0 Å². The molecule has 0 spiro atoms. The van der Waals surface area contributed by atoms with Gasteiger partial charge in [0.2, 0.25) is 6.41 Å². The normalized spacial score (nSPS) is 22.6. The van der Waals surface area contributed by atoms with Crippen LogP contribution in [0.25, 0.3) is 0 Å². The maximum Gasteiger partial charge on any atom is 0.210 e. The first-order valence-electron chi connectivity index (χ1n) is 7.47. The van der Waals surface area contributed by atoms with Crippen LogP contribution in [0.1, 0.15) is 37.7 Å². The van der Waals surface area contributed by atoms with Crippen LogP contribution in [-0.2, 0) is 11.2 Å². The van der Waals surface area contributed by atoms with Gasteiger partial charge in [0.05, 0.1) is 6.04 Å². The number of hydrogen-bond donors (Lipinski definition) is 1. The van der Waals surface area contributed by atoms with Gasteiger partial charge in [-0.3, -0.25) is 4.79 Å². The summed E-state index contributed by atoms with van der Waals surface area (Å²) in [5.74, 6) is 0.294. The van der Waals surface area contributed by atoms with Crippen LogP contribution in [0.4, 0.5) is 0 Å². The number of hydrogen-bond acceptors (Lipinski definition) is 2. The number of benzene rings is 1. The first-order chi connectivity index (χ1) is 9.78. The number of carbonyl (C=O) groups is 1. The van der Waals surface area contributed by atoms with Crippen molar-refractivity contribution in [1.82, 2.24) is 4.90 Å². The number of nitrogens with zero attached hydrogens (tertiary/aromatic N) is 1. The lowest BCUT2D eigenvalue weighted by molar-refractivity contribution is -0.119. The Morgan fingerprint density at radius 1 is 1.15 bits per heavy atom. The molecule has 1 unspecified atom stereocenters. The van der Waals surface area contributed by atoms with Gasteiger partial charge in [0.15, 0.2) is 0 Å². The number of amides is 1. The highest BCUT2D eigenvalue weighted by molar-refractivity contribution is 5.51. The molecule has 1 amide bonds. The predicted molar refractivity (Wildman–Crippen MR) is 78.5 cm³/mol. The molecule has 106 valence electrons. The molecular formula is C17H21NO2. The molecule has 1 aliphatic carbocycles. The summed E-state index contributed by atoms with van der Waals surface area (Å²) in [6.07, 6.45) is 7.82. The second kappa shape index (κ2) is 5.70. The van der Waals surface area contributed by atoms with Crippen molar-refractivity contribution in [3.8, 4) is 5.75 Å². The molecule has 3 heteroatoms. The highest BCUT2D eigenvalue weighted by atomic mass is 16.3. The summed E-state index contributed by atoms with van der Waals surface area (Å²) in [7, 11) is 0. The monoisotopic (exact) mass is 271 g/mol. The maximum absolute atomic E-state index is 11.4. The first-order valence-corrected chi connectivity index (χ1v) is 7.47. The second-order valence-electron chi connectivity index (χ2n) is 5.82. The molecule has 0 aromatic heterocycles. The van der Waals surface area contributed by atoms with Crippen molar-refractivity contribution < 1.29 is 9.90 Å². The number of phenols is 1. The fourth-order valence-electron chi connectivity index (χ4n) is 3.52. The van der Waals surface area contributed by atoms with Crippen molar-refractivity contribution in [1.29, 1.82) is 0 Å². The molecule has 0 bridgehead atoms. The first kappa shape index (κ1) is 13.2. The van der Waals surface area contributed by atoms with Crippen LogP contribution in [0.3, 0.4) is 0 Å². The quantitative estimate of drug-likeness (QED) is 0.678. The van der Waals surface area contributed by atoms with Gasteiger partial charge in [-0.15, -0.1) is 0 Å². The molecule has 0 radical (unpaired) electrons. The molecule has 1 aliphatic heterocycles. The summed E-state index contributed by atoms with van der Waals surface area (Å²) in [6.45, 7) is 0.852. The molecule has 0 saturated carbocycles. The lowest BCUT2D eigenvalue weighted by Gasteiger charge is -2.39. The Kier molecular flexibility index (Phi) is 3.77. The molecule has 1 atom stereocenters. The average molecular weight is 271 g/mol. The molecule has 1 heterocycles. The van der Waals surface area contributed by atoms with Crippen molar-refractivity contribution in [2.45, 2.75) is 44.6 Å². The van der Waals surface area contributed by atoms with Gasteiger partial charge in [-0.05, 0) is 61.8 Å². The van der Waals surface area contributed by atoms with E-state index in [1.54, 1.807) is 17.7 Å². The van der Waals surface area contributed by atoms with Gasteiger partial charge in [-0.1, -0.05) is 17.7 Å². The van der Waals surface area contributed by atoms with E-state index in [2.05, 4.69) is 0 Å². The van der Waals surface area contributed by atoms with Gasteiger partial charge in [-0.2, -0.15) is 0 Å². The fourth-order valence-corrected chi connectivity index (χ4v) is 3.52. The van der Waals surface area contributed by atoms with Crippen LogP contribution < -0.4 is 0 Å². The molecule has 1 aromatic carbocycles. The largest absolute Gasteiger partial charge is 0.508 e. The van der Waals surface area contributed by atoms with Crippen LogP contribution in [0.2, 0.25) is 0 Å². The smallest absolute Gasteiger partial charge is 0.210 e. The summed E-state index contributed by atoms with van der Waals surface area (Å²) in [4.78, 5) is 13.3. The van der Waals surface area contributed by atoms with E-state index in [1.165, 1.54) is 30.4 Å². The SMILES string of the molecule is O=CN1CCC2=C(CCCC2)C1Cc1ccc(O)cc1. The van der Waals surface area contributed by atoms with Crippen LogP contribution in [-0.4, -0.2) is 29.0 Å². The molecule has 0 fully saturated rings. The number of rotatable bonds is 3. The van der Waals surface area contributed by atoms with Crippen LogP contribution in [0.15, 0.2) is 35.4 Å². The van der Waals surface area contributed by atoms with Gasteiger partial charge in [-0.25, -0.2) is 0 Å². The highest BCUT2D eigenvalue weighted by Gasteiger charge is 2.29. The highest BCUT2D eigenvalue weighted by Crippen LogP contribution is 2.35. The average Bonchev–Trinajstić information content (AvgIpc) is 2.50. The van der Waals surface area contributed by atoms with Crippen molar-refractivity contribution in [3.05, 3.63) is 41.0 Å².